The Morgan fingerprint density at radius 3 is 2.43 bits per heavy atom. The lowest BCUT2D eigenvalue weighted by molar-refractivity contribution is -0.161. The summed E-state index contributed by atoms with van der Waals surface area (Å²) in [7, 11) is 0. The van der Waals surface area contributed by atoms with Crippen LogP contribution >= 0.6 is 0 Å². The zero-order valence-corrected chi connectivity index (χ0v) is 18.8. The van der Waals surface area contributed by atoms with E-state index in [0.717, 1.165) is 32.1 Å². The van der Waals surface area contributed by atoms with Crippen molar-refractivity contribution in [2.75, 3.05) is 6.61 Å². The van der Waals surface area contributed by atoms with Gasteiger partial charge in [-0.05, 0) is 74.7 Å². The summed E-state index contributed by atoms with van der Waals surface area (Å²) in [6.45, 7) is 14.7. The topological polar surface area (TPSA) is 52.6 Å². The molecule has 0 bridgehead atoms. The first-order valence-electron chi connectivity index (χ1n) is 10.6. The second-order valence-corrected chi connectivity index (χ2v) is 9.81. The highest BCUT2D eigenvalue weighted by Crippen LogP contribution is 2.61. The van der Waals surface area contributed by atoms with Crippen LogP contribution < -0.4 is 0 Å². The number of carbonyl (C=O) groups excluding carboxylic acids is 2. The Morgan fingerprint density at radius 2 is 1.82 bits per heavy atom. The van der Waals surface area contributed by atoms with Crippen molar-refractivity contribution in [2.45, 2.75) is 86.7 Å². The molecule has 0 aromatic carbocycles. The molecule has 2 aliphatic carbocycles. The highest BCUT2D eigenvalue weighted by molar-refractivity contribution is 5.66. The van der Waals surface area contributed by atoms with Crippen LogP contribution in [-0.2, 0) is 19.1 Å². The number of rotatable bonds is 6. The van der Waals surface area contributed by atoms with Crippen molar-refractivity contribution in [3.8, 4) is 0 Å². The maximum atomic E-state index is 11.6. The van der Waals surface area contributed by atoms with Gasteiger partial charge in [-0.15, -0.1) is 0 Å². The van der Waals surface area contributed by atoms with Crippen molar-refractivity contribution in [2.24, 2.45) is 22.7 Å². The molecule has 0 aliphatic heterocycles. The van der Waals surface area contributed by atoms with Crippen LogP contribution in [0.15, 0.2) is 23.3 Å². The largest absolute Gasteiger partial charge is 0.463 e. The molecule has 1 saturated carbocycles. The first-order chi connectivity index (χ1) is 13.0. The fraction of sp³-hybridized carbons (Fsp3) is 0.750. The number of esters is 2. The summed E-state index contributed by atoms with van der Waals surface area (Å²) in [5.74, 6) is 0.643. The molecule has 4 nitrogen and oxygen atoms in total. The summed E-state index contributed by atoms with van der Waals surface area (Å²) >= 11 is 0. The predicted octanol–water partition coefficient (Wildman–Crippen LogP) is 5.62. The van der Waals surface area contributed by atoms with Gasteiger partial charge >= 0.3 is 11.9 Å². The highest BCUT2D eigenvalue weighted by atomic mass is 16.5. The zero-order chi connectivity index (χ0) is 21.1. The van der Waals surface area contributed by atoms with E-state index < -0.39 is 0 Å². The molecule has 2 aliphatic rings. The van der Waals surface area contributed by atoms with E-state index >= 15 is 0 Å². The van der Waals surface area contributed by atoms with E-state index in [1.54, 1.807) is 0 Å². The molecule has 0 radical (unpaired) electrons. The molecular formula is C24H38O4. The van der Waals surface area contributed by atoms with E-state index in [2.05, 4.69) is 40.7 Å². The van der Waals surface area contributed by atoms with Crippen molar-refractivity contribution in [1.82, 2.24) is 0 Å². The predicted molar refractivity (Wildman–Crippen MR) is 112 cm³/mol. The molecule has 0 aromatic heterocycles. The van der Waals surface area contributed by atoms with Crippen LogP contribution in [0.2, 0.25) is 0 Å². The molecule has 2 rings (SSSR count). The highest BCUT2D eigenvalue weighted by Gasteiger charge is 2.54. The van der Waals surface area contributed by atoms with Gasteiger partial charge in [-0.1, -0.05) is 38.0 Å². The zero-order valence-electron chi connectivity index (χ0n) is 18.8. The first-order valence-corrected chi connectivity index (χ1v) is 10.6. The second-order valence-electron chi connectivity index (χ2n) is 9.81. The van der Waals surface area contributed by atoms with E-state index in [4.69, 9.17) is 9.47 Å². The molecule has 4 unspecified atom stereocenters. The molecule has 0 N–H and O–H groups in total. The number of hydrogen-bond acceptors (Lipinski definition) is 4. The Bertz CT molecular complexity index is 658. The van der Waals surface area contributed by atoms with E-state index in [1.807, 2.05) is 6.08 Å². The van der Waals surface area contributed by atoms with E-state index in [0.29, 0.717) is 18.4 Å². The van der Waals surface area contributed by atoms with E-state index in [1.165, 1.54) is 25.0 Å². The minimum Gasteiger partial charge on any atom is -0.463 e. The normalized spacial score (nSPS) is 32.2. The quantitative estimate of drug-likeness (QED) is 0.436. The van der Waals surface area contributed by atoms with Crippen molar-refractivity contribution < 1.29 is 19.1 Å². The van der Waals surface area contributed by atoms with Crippen molar-refractivity contribution in [1.29, 1.82) is 0 Å². The maximum absolute atomic E-state index is 11.6. The van der Waals surface area contributed by atoms with Crippen LogP contribution in [-0.4, -0.2) is 24.6 Å². The van der Waals surface area contributed by atoms with Crippen LogP contribution in [0.3, 0.4) is 0 Å². The average Bonchev–Trinajstić information content (AvgIpc) is 2.51. The first kappa shape index (κ1) is 22.7. The third kappa shape index (κ3) is 5.27. The lowest BCUT2D eigenvalue weighted by Gasteiger charge is -2.58. The Morgan fingerprint density at radius 1 is 1.14 bits per heavy atom. The number of fused-ring (bicyclic) bond motifs is 1. The average molecular weight is 391 g/mol. The summed E-state index contributed by atoms with van der Waals surface area (Å²) in [5.41, 5.74) is 2.98. The lowest BCUT2D eigenvalue weighted by Crippen LogP contribution is -2.53. The Kier molecular flexibility index (Phi) is 7.17. The van der Waals surface area contributed by atoms with Gasteiger partial charge < -0.3 is 9.47 Å². The monoisotopic (exact) mass is 390 g/mol. The minimum absolute atomic E-state index is 0.00255. The molecule has 4 heteroatoms. The van der Waals surface area contributed by atoms with Crippen molar-refractivity contribution >= 4 is 11.9 Å². The summed E-state index contributed by atoms with van der Waals surface area (Å²) in [6, 6.07) is 0. The van der Waals surface area contributed by atoms with Crippen LogP contribution in [0.25, 0.3) is 0 Å². The third-order valence-electron chi connectivity index (χ3n) is 7.06. The van der Waals surface area contributed by atoms with Crippen LogP contribution in [0.1, 0.15) is 80.6 Å². The Labute approximate surface area is 170 Å². The van der Waals surface area contributed by atoms with Crippen LogP contribution in [0.5, 0.6) is 0 Å². The minimum atomic E-state index is -0.244. The van der Waals surface area contributed by atoms with Gasteiger partial charge in [-0.3, -0.25) is 9.59 Å². The van der Waals surface area contributed by atoms with Gasteiger partial charge in [0.2, 0.25) is 0 Å². The molecule has 4 atom stereocenters. The van der Waals surface area contributed by atoms with Gasteiger partial charge in [0, 0.05) is 13.8 Å². The number of ether oxygens (including phenoxy) is 2. The Balaban J connectivity index is 2.18. The van der Waals surface area contributed by atoms with Crippen LogP contribution in [0.4, 0.5) is 0 Å². The van der Waals surface area contributed by atoms with Gasteiger partial charge in [0.05, 0.1) is 0 Å². The maximum Gasteiger partial charge on any atom is 0.302 e. The summed E-state index contributed by atoms with van der Waals surface area (Å²) < 4.78 is 10.7. The number of hydrogen-bond donors (Lipinski definition) is 0. The number of carbonyl (C=O) groups is 2. The summed E-state index contributed by atoms with van der Waals surface area (Å²) in [4.78, 5) is 22.6. The molecule has 158 valence electrons. The summed E-state index contributed by atoms with van der Waals surface area (Å²) in [6.07, 6.45) is 9.49. The van der Waals surface area contributed by atoms with Gasteiger partial charge in [0.15, 0.2) is 0 Å². The molecule has 0 heterocycles. The fourth-order valence-electron chi connectivity index (χ4n) is 5.92. The van der Waals surface area contributed by atoms with Crippen molar-refractivity contribution in [3.63, 3.8) is 0 Å². The Hall–Kier alpha value is -1.58. The molecule has 0 spiro atoms. The molecule has 1 fully saturated rings. The van der Waals surface area contributed by atoms with Gasteiger partial charge in [0.25, 0.3) is 0 Å². The molecule has 0 aromatic rings. The second kappa shape index (κ2) is 8.84. The molecule has 0 saturated heterocycles. The summed E-state index contributed by atoms with van der Waals surface area (Å²) in [5, 5.41) is 0. The lowest BCUT2D eigenvalue weighted by atomic mass is 9.47. The molecular weight excluding hydrogens is 352 g/mol. The molecule has 0 amide bonds. The standard InChI is InChI=1S/C24H38O4/c1-16(12-13-27-18(3)25)8-10-21-17(2)9-11-22-23(5,6)14-20(28-19(4)26)15-24(21,22)7/h9,12,20-22H,8,10-11,13-15H2,1-7H3. The van der Waals surface area contributed by atoms with Gasteiger partial charge in [-0.25, -0.2) is 0 Å². The van der Waals surface area contributed by atoms with Crippen molar-refractivity contribution in [3.05, 3.63) is 23.3 Å². The van der Waals surface area contributed by atoms with E-state index in [9.17, 15) is 9.59 Å². The van der Waals surface area contributed by atoms with Crippen LogP contribution in [0, 0.1) is 22.7 Å². The van der Waals surface area contributed by atoms with E-state index in [-0.39, 0.29) is 28.9 Å². The number of allylic oxidation sites excluding steroid dienone is 3. The third-order valence-corrected chi connectivity index (χ3v) is 7.06. The van der Waals surface area contributed by atoms with Gasteiger partial charge in [0.1, 0.15) is 12.7 Å². The smallest absolute Gasteiger partial charge is 0.302 e. The van der Waals surface area contributed by atoms with Gasteiger partial charge in [-0.2, -0.15) is 0 Å². The fourth-order valence-corrected chi connectivity index (χ4v) is 5.92. The molecule has 28 heavy (non-hydrogen) atoms. The SMILES string of the molecule is CC(=O)OCC=C(C)CCC1C(C)=CCC2C(C)(C)CC(OC(C)=O)CC12C.